The minimum atomic E-state index is -1.46. The van der Waals surface area contributed by atoms with E-state index >= 15 is 0 Å². The van der Waals surface area contributed by atoms with Crippen molar-refractivity contribution in [1.29, 1.82) is 0 Å². The average Bonchev–Trinajstić information content (AvgIpc) is 1.59. The summed E-state index contributed by atoms with van der Waals surface area (Å²) in [6.45, 7) is 21.9. The van der Waals surface area contributed by atoms with Gasteiger partial charge in [0.15, 0.2) is 0 Å². The van der Waals surface area contributed by atoms with Crippen molar-refractivity contribution in [3.05, 3.63) is 375 Å². The number of hydrogen-bond donors (Lipinski definition) is 0. The molecule has 0 amide bonds. The number of rotatable bonds is 16. The van der Waals surface area contributed by atoms with Gasteiger partial charge >= 0.3 is 0 Å². The van der Waals surface area contributed by atoms with Crippen LogP contribution in [0.4, 0.5) is 0 Å². The number of nitrogens with zero attached hydrogens (tertiary/aromatic N) is 7. The van der Waals surface area contributed by atoms with Gasteiger partial charge in [0, 0.05) is 119 Å². The van der Waals surface area contributed by atoms with E-state index in [0.29, 0.717) is 0 Å². The smallest absolute Gasteiger partial charge is 0.120 e. The summed E-state index contributed by atoms with van der Waals surface area (Å²) >= 11 is 1.85. The SMILES string of the molecule is C[Si](C)(C)c1cnc(-c2[c-]cc3c(c2)c2ccccc2n3-c2ccccc2)cc1CC1CCCC1.C[Si](C)(C)c1cnc(-c2[c-]cc3oc4ccccc4c3c2)cc1CC1CCCC1.C[Si](C)(C)c1cnc(-c2[c-]cc3sc4ccccc4c3c2)cc1CC1CCCC1.[Ir].[Ir].[Ir].[c-]1ccccc1-c1ccccn1.[c-]1ccccc1-c1ccccn1.[c-]1ccccc1-c1ccccn1. The molecular weight excluding hydrogens is 2210 g/mol. The summed E-state index contributed by atoms with van der Waals surface area (Å²) in [5.74, 6) is 2.52. The van der Waals surface area contributed by atoms with E-state index in [1.54, 1.807) is 24.2 Å². The van der Waals surface area contributed by atoms with E-state index in [1.165, 1.54) is 171 Å². The third-order valence-corrected chi connectivity index (χ3v) is 32.7. The maximum absolute atomic E-state index is 5.97. The van der Waals surface area contributed by atoms with Crippen molar-refractivity contribution in [3.63, 3.8) is 0 Å². The molecule has 15 heteroatoms. The molecule has 9 aromatic heterocycles. The normalized spacial score (nSPS) is 13.4. The Morgan fingerprint density at radius 1 is 0.303 bits per heavy atom. The van der Waals surface area contributed by atoms with Crippen LogP contribution in [-0.2, 0) is 79.6 Å². The van der Waals surface area contributed by atoms with Crippen LogP contribution < -0.4 is 15.6 Å². The van der Waals surface area contributed by atoms with Crippen molar-refractivity contribution in [1.82, 2.24) is 34.5 Å². The standard InChI is InChI=1S/C32H33N2Si.C26H28NOSi.C26H28NSSi.3C11H8N.3Ir/c1-35(2,3)32-22-33-29(21-25(32)19-23-11-7-8-12-23)24-17-18-31-28(20-24)27-15-9-10-16-30(27)34(31)26-13-5-4-6-14-26;2*1-29(2,3)26-17-27-23(16-20(26)14-18-8-4-5-9-18)19-12-13-25-22(15-19)21-10-6-7-11-24(21)28-25;3*1-2-6-10(7-3-1)11-8-4-5-9-12-11;;;/h4-6,9-10,13-16,18,20-23H,7-8,11-12,19H2,1-3H3;2*6-7,10-11,13,15-18H,4-5,8-9,14H2,1-3H3;3*1-6,8-9H;;;/q6*-1;;;. The summed E-state index contributed by atoms with van der Waals surface area (Å²) in [7, 11) is -4.31. The maximum Gasteiger partial charge on any atom is 0.120 e. The summed E-state index contributed by atoms with van der Waals surface area (Å²) in [5, 5.41) is 12.1. The van der Waals surface area contributed by atoms with Crippen LogP contribution in [0.15, 0.2) is 327 Å². The topological polar surface area (TPSA) is 95.4 Å². The van der Waals surface area contributed by atoms with Crippen molar-refractivity contribution < 1.29 is 64.7 Å². The fraction of sp³-hybridized carbons (Fsp3) is 0.231. The molecule has 0 unspecified atom stereocenters. The number of pyridine rings is 6. The third kappa shape index (κ3) is 24.2. The summed E-state index contributed by atoms with van der Waals surface area (Å²) in [4.78, 5) is 27.5. The number of fused-ring (bicyclic) bond motifs is 9. The molecule has 3 radical (unpaired) electrons. The van der Waals surface area contributed by atoms with Crippen LogP contribution in [0.5, 0.6) is 0 Å². The van der Waals surface area contributed by atoms with Crippen LogP contribution in [0, 0.1) is 54.2 Å². The molecule has 0 aliphatic heterocycles. The van der Waals surface area contributed by atoms with Crippen LogP contribution in [-0.4, -0.2) is 58.7 Å². The Morgan fingerprint density at radius 2 is 0.682 bits per heavy atom. The number of furan rings is 1. The summed E-state index contributed by atoms with van der Waals surface area (Å²) in [6, 6.07) is 117. The van der Waals surface area contributed by atoms with Crippen LogP contribution in [0.2, 0.25) is 58.9 Å². The molecule has 3 aliphatic carbocycles. The minimum Gasteiger partial charge on any atom is -0.500 e. The predicted octanol–water partition coefficient (Wildman–Crippen LogP) is 29.5. The van der Waals surface area contributed by atoms with Gasteiger partial charge in [0.25, 0.3) is 0 Å². The molecule has 673 valence electrons. The van der Waals surface area contributed by atoms with Gasteiger partial charge in [-0.05, 0) is 156 Å². The maximum atomic E-state index is 5.97. The summed E-state index contributed by atoms with van der Waals surface area (Å²) in [5.41, 5.74) is 22.5. The molecule has 10 aromatic carbocycles. The van der Waals surface area contributed by atoms with Crippen LogP contribution in [0.25, 0.3) is 137 Å². The zero-order valence-corrected chi connectivity index (χ0v) is 87.9. The van der Waals surface area contributed by atoms with Crippen molar-refractivity contribution in [2.45, 2.75) is 155 Å². The first-order valence-corrected chi connectivity index (χ1v) is 57.5. The minimum absolute atomic E-state index is 0. The van der Waals surface area contributed by atoms with Crippen LogP contribution >= 0.6 is 11.3 Å². The molecule has 0 saturated heterocycles. The van der Waals surface area contributed by atoms with Gasteiger partial charge in [0.2, 0.25) is 0 Å². The van der Waals surface area contributed by atoms with E-state index < -0.39 is 24.2 Å². The van der Waals surface area contributed by atoms with Crippen molar-refractivity contribution in [2.75, 3.05) is 0 Å². The summed E-state index contributed by atoms with van der Waals surface area (Å²) in [6.07, 6.45) is 32.2. The fourth-order valence-electron chi connectivity index (χ4n) is 18.8. The van der Waals surface area contributed by atoms with Crippen molar-refractivity contribution in [3.8, 4) is 73.2 Å². The molecule has 3 saturated carbocycles. The zero-order chi connectivity index (χ0) is 88.7. The largest absolute Gasteiger partial charge is 0.500 e. The molecule has 3 fully saturated rings. The molecule has 8 nitrogen and oxygen atoms in total. The van der Waals surface area contributed by atoms with Crippen molar-refractivity contribution in [2.24, 2.45) is 17.8 Å². The molecule has 0 bridgehead atoms. The number of aromatic nitrogens is 7. The third-order valence-electron chi connectivity index (χ3n) is 25.4. The van der Waals surface area contributed by atoms with Gasteiger partial charge in [0.1, 0.15) is 5.58 Å². The van der Waals surface area contributed by atoms with Crippen LogP contribution in [0.3, 0.4) is 0 Å². The van der Waals surface area contributed by atoms with Gasteiger partial charge in [-0.3, -0.25) is 0 Å². The van der Waals surface area contributed by atoms with Gasteiger partial charge in [-0.2, -0.15) is 11.3 Å². The molecule has 3 aliphatic rings. The monoisotopic (exact) mass is 2330 g/mol. The average molecular weight is 2330 g/mol. The van der Waals surface area contributed by atoms with Gasteiger partial charge in [-0.25, -0.2) is 0 Å². The van der Waals surface area contributed by atoms with Gasteiger partial charge in [-0.1, -0.05) is 296 Å². The number of hydrogen-bond acceptors (Lipinski definition) is 8. The Balaban J connectivity index is 0.000000133. The Morgan fingerprint density at radius 3 is 1.11 bits per heavy atom. The first-order valence-electron chi connectivity index (χ1n) is 46.2. The Hall–Kier alpha value is -10.5. The van der Waals surface area contributed by atoms with E-state index in [2.05, 4.69) is 273 Å². The predicted molar refractivity (Wildman–Crippen MR) is 551 cm³/mol. The second-order valence-corrected chi connectivity index (χ2v) is 53.9. The molecule has 19 aromatic rings. The second kappa shape index (κ2) is 45.5. The van der Waals surface area contributed by atoms with Crippen molar-refractivity contribution >= 4 is 115 Å². The Bertz CT molecular complexity index is 6450. The van der Waals surface area contributed by atoms with Crippen LogP contribution in [0.1, 0.15) is 93.7 Å². The number of thiophene rings is 1. The Kier molecular flexibility index (Phi) is 33.6. The first-order chi connectivity index (χ1) is 62.9. The molecule has 0 atom stereocenters. The zero-order valence-electron chi connectivity index (χ0n) is 76.9. The number of benzene rings is 10. The quantitative estimate of drug-likeness (QED) is 0.0702. The van der Waals surface area contributed by atoms with E-state index in [0.717, 1.165) is 107 Å². The van der Waals surface area contributed by atoms with Gasteiger partial charge in [-0.15, -0.1) is 179 Å². The number of para-hydroxylation sites is 3. The summed E-state index contributed by atoms with van der Waals surface area (Å²) < 4.78 is 11.0. The van der Waals surface area contributed by atoms with Gasteiger partial charge in [0.05, 0.1) is 29.8 Å². The molecule has 0 N–H and O–H groups in total. The van der Waals surface area contributed by atoms with E-state index in [-0.39, 0.29) is 60.3 Å². The molecule has 0 spiro atoms. The molecule has 9 heterocycles. The molecular formula is C117H113Ir3N7OSSi3-6. The first kappa shape index (κ1) is 97.5. The fourth-order valence-corrected chi connectivity index (χ4v) is 24.7. The van der Waals surface area contributed by atoms with E-state index in [4.69, 9.17) is 19.4 Å². The van der Waals surface area contributed by atoms with Gasteiger partial charge < -0.3 is 38.9 Å². The second-order valence-electron chi connectivity index (χ2n) is 37.7. The van der Waals surface area contributed by atoms with E-state index in [9.17, 15) is 0 Å². The van der Waals surface area contributed by atoms with E-state index in [1.807, 2.05) is 157 Å². The molecule has 22 rings (SSSR count). The molecule has 132 heavy (non-hydrogen) atoms. The Labute approximate surface area is 828 Å².